The molecule has 1 heterocycles. The van der Waals surface area contributed by atoms with Gasteiger partial charge in [0.15, 0.2) is 0 Å². The normalized spacial score (nSPS) is 9.75. The van der Waals surface area contributed by atoms with Crippen LogP contribution in [0.3, 0.4) is 0 Å². The van der Waals surface area contributed by atoms with E-state index in [4.69, 9.17) is 0 Å². The summed E-state index contributed by atoms with van der Waals surface area (Å²) in [6.07, 6.45) is 0. The van der Waals surface area contributed by atoms with Crippen molar-refractivity contribution in [2.24, 2.45) is 0 Å². The van der Waals surface area contributed by atoms with E-state index < -0.39 is 4.92 Å². The Hall–Kier alpha value is -1.17. The molecule has 0 aromatic carbocycles. The first-order chi connectivity index (χ1) is 5.65. The van der Waals surface area contributed by atoms with E-state index in [2.05, 4.69) is 20.9 Å². The minimum atomic E-state index is -0.535. The zero-order valence-corrected chi connectivity index (χ0v) is 7.50. The highest BCUT2D eigenvalue weighted by molar-refractivity contribution is 9.08. The Morgan fingerprint density at radius 3 is 2.75 bits per heavy atom. The van der Waals surface area contributed by atoms with Crippen molar-refractivity contribution in [3.63, 3.8) is 0 Å². The van der Waals surface area contributed by atoms with Gasteiger partial charge in [-0.2, -0.15) is 0 Å². The third kappa shape index (κ3) is 1.70. The molecular weight excluding hydrogens is 228 g/mol. The number of aromatic amines is 1. The minimum Gasteiger partial charge on any atom is -0.319 e. The van der Waals surface area contributed by atoms with Gasteiger partial charge < -0.3 is 4.98 Å². The maximum absolute atomic E-state index is 10.7. The smallest absolute Gasteiger partial charge is 0.289 e. The van der Waals surface area contributed by atoms with E-state index in [0.29, 0.717) is 0 Å². The highest BCUT2D eigenvalue weighted by atomic mass is 79.9. The number of H-pyrrole nitrogens is 1. The van der Waals surface area contributed by atoms with E-state index in [1.165, 1.54) is 6.07 Å². The molecule has 1 aromatic heterocycles. The molecule has 12 heavy (non-hydrogen) atoms. The molecule has 0 unspecified atom stereocenters. The molecular formula is C6H5BrN2O3. The molecule has 0 radical (unpaired) electrons. The number of hydrogen-bond donors (Lipinski definition) is 1. The second kappa shape index (κ2) is 3.48. The molecule has 0 atom stereocenters. The number of rotatable bonds is 2. The van der Waals surface area contributed by atoms with Crippen molar-refractivity contribution >= 4 is 21.6 Å². The molecule has 0 amide bonds. The van der Waals surface area contributed by atoms with Crippen LogP contribution in [0.25, 0.3) is 0 Å². The number of pyridine rings is 1. The number of hydrogen-bond acceptors (Lipinski definition) is 3. The first kappa shape index (κ1) is 8.92. The summed E-state index contributed by atoms with van der Waals surface area (Å²) in [5.41, 5.74) is -0.131. The van der Waals surface area contributed by atoms with Crippen molar-refractivity contribution in [1.82, 2.24) is 4.98 Å². The van der Waals surface area contributed by atoms with Gasteiger partial charge in [-0.15, -0.1) is 0 Å². The van der Waals surface area contributed by atoms with Gasteiger partial charge in [0.2, 0.25) is 5.56 Å². The Morgan fingerprint density at radius 2 is 2.25 bits per heavy atom. The monoisotopic (exact) mass is 232 g/mol. The van der Waals surface area contributed by atoms with Crippen LogP contribution in [0.15, 0.2) is 16.9 Å². The van der Waals surface area contributed by atoms with Crippen molar-refractivity contribution in [3.05, 3.63) is 38.3 Å². The molecule has 0 aliphatic rings. The summed E-state index contributed by atoms with van der Waals surface area (Å²) < 4.78 is 0. The van der Waals surface area contributed by atoms with Crippen LogP contribution in [0.2, 0.25) is 0 Å². The van der Waals surface area contributed by atoms with Crippen LogP contribution in [-0.2, 0) is 5.33 Å². The minimum absolute atomic E-state index is 0.0773. The molecule has 0 bridgehead atoms. The number of aromatic nitrogens is 1. The predicted molar refractivity (Wildman–Crippen MR) is 46.3 cm³/mol. The van der Waals surface area contributed by atoms with E-state index in [0.717, 1.165) is 6.07 Å². The highest BCUT2D eigenvalue weighted by Gasteiger charge is 2.12. The van der Waals surface area contributed by atoms with Gasteiger partial charge in [-0.3, -0.25) is 14.9 Å². The van der Waals surface area contributed by atoms with Crippen LogP contribution in [0, 0.1) is 10.1 Å². The zero-order valence-electron chi connectivity index (χ0n) is 5.91. The molecule has 64 valence electrons. The fourth-order valence-electron chi connectivity index (χ4n) is 0.783. The van der Waals surface area contributed by atoms with Gasteiger partial charge in [0.1, 0.15) is 5.69 Å². The third-order valence-electron chi connectivity index (χ3n) is 1.31. The first-order valence-electron chi connectivity index (χ1n) is 3.07. The summed E-state index contributed by atoms with van der Waals surface area (Å²) >= 11 is 3.04. The molecule has 0 saturated heterocycles. The average Bonchev–Trinajstić information content (AvgIpc) is 2.03. The highest BCUT2D eigenvalue weighted by Crippen LogP contribution is 2.15. The second-order valence-corrected chi connectivity index (χ2v) is 2.64. The van der Waals surface area contributed by atoms with Crippen LogP contribution in [0.1, 0.15) is 5.69 Å². The van der Waals surface area contributed by atoms with E-state index >= 15 is 0 Å². The molecule has 1 N–H and O–H groups in total. The number of halogens is 1. The van der Waals surface area contributed by atoms with Crippen molar-refractivity contribution in [3.8, 4) is 0 Å². The lowest BCUT2D eigenvalue weighted by Crippen LogP contribution is -2.08. The Kier molecular flexibility index (Phi) is 2.59. The molecule has 6 heteroatoms. The van der Waals surface area contributed by atoms with Gasteiger partial charge >= 0.3 is 0 Å². The molecule has 0 aliphatic carbocycles. The lowest BCUT2D eigenvalue weighted by molar-refractivity contribution is -0.385. The fourth-order valence-corrected chi connectivity index (χ4v) is 1.21. The topological polar surface area (TPSA) is 76.0 Å². The van der Waals surface area contributed by atoms with Crippen LogP contribution in [0.5, 0.6) is 0 Å². The summed E-state index contributed by atoms with van der Waals surface area (Å²) in [6.45, 7) is 0. The SMILES string of the molecule is O=c1ccc([N+](=O)[O-])c(CBr)[nH]1. The van der Waals surface area contributed by atoms with Gasteiger partial charge in [0, 0.05) is 12.1 Å². The van der Waals surface area contributed by atoms with E-state index in [1.54, 1.807) is 0 Å². The predicted octanol–water partition coefficient (Wildman–Crippen LogP) is 1.18. The molecule has 0 saturated carbocycles. The number of nitrogens with zero attached hydrogens (tertiary/aromatic N) is 1. The Morgan fingerprint density at radius 1 is 1.58 bits per heavy atom. The van der Waals surface area contributed by atoms with E-state index in [-0.39, 0.29) is 22.3 Å². The van der Waals surface area contributed by atoms with E-state index in [9.17, 15) is 14.9 Å². The number of nitrogens with one attached hydrogen (secondary N) is 1. The fraction of sp³-hybridized carbons (Fsp3) is 0.167. The number of alkyl halides is 1. The first-order valence-corrected chi connectivity index (χ1v) is 4.20. The van der Waals surface area contributed by atoms with Gasteiger partial charge in [0.25, 0.3) is 5.69 Å². The van der Waals surface area contributed by atoms with Crippen LogP contribution in [-0.4, -0.2) is 9.91 Å². The van der Waals surface area contributed by atoms with Gasteiger partial charge in [0.05, 0.1) is 10.3 Å². The van der Waals surface area contributed by atoms with Crippen molar-refractivity contribution in [1.29, 1.82) is 0 Å². The summed E-state index contributed by atoms with van der Waals surface area (Å²) in [5.74, 6) is 0. The Labute approximate surface area is 75.7 Å². The Balaban J connectivity index is 3.29. The summed E-state index contributed by atoms with van der Waals surface area (Å²) in [4.78, 5) is 22.9. The van der Waals surface area contributed by atoms with Crippen LogP contribution >= 0.6 is 15.9 Å². The number of nitro groups is 1. The van der Waals surface area contributed by atoms with Crippen molar-refractivity contribution in [2.45, 2.75) is 5.33 Å². The standard InChI is InChI=1S/C6H5BrN2O3/c7-3-4-5(9(11)12)1-2-6(10)8-4/h1-2H,3H2,(H,8,10). The lowest BCUT2D eigenvalue weighted by atomic mass is 10.3. The molecule has 1 rings (SSSR count). The quantitative estimate of drug-likeness (QED) is 0.473. The average molecular weight is 233 g/mol. The third-order valence-corrected chi connectivity index (χ3v) is 1.87. The Bertz CT molecular complexity index is 360. The van der Waals surface area contributed by atoms with Crippen molar-refractivity contribution in [2.75, 3.05) is 0 Å². The van der Waals surface area contributed by atoms with Gasteiger partial charge in [-0.05, 0) is 0 Å². The zero-order chi connectivity index (χ0) is 9.14. The van der Waals surface area contributed by atoms with Gasteiger partial charge in [-0.1, -0.05) is 15.9 Å². The van der Waals surface area contributed by atoms with Crippen LogP contribution in [0.4, 0.5) is 5.69 Å². The molecule has 0 aliphatic heterocycles. The van der Waals surface area contributed by atoms with Crippen LogP contribution < -0.4 is 5.56 Å². The summed E-state index contributed by atoms with van der Waals surface area (Å²) in [6, 6.07) is 2.32. The second-order valence-electron chi connectivity index (χ2n) is 2.08. The molecule has 1 aromatic rings. The molecule has 5 nitrogen and oxygen atoms in total. The molecule has 0 spiro atoms. The summed E-state index contributed by atoms with van der Waals surface area (Å²) in [5, 5.41) is 10.6. The molecule has 0 fully saturated rings. The maximum Gasteiger partial charge on any atom is 0.289 e. The van der Waals surface area contributed by atoms with Gasteiger partial charge in [-0.25, -0.2) is 0 Å². The maximum atomic E-state index is 10.7. The van der Waals surface area contributed by atoms with E-state index in [1.807, 2.05) is 0 Å². The lowest BCUT2D eigenvalue weighted by Gasteiger charge is -1.96. The largest absolute Gasteiger partial charge is 0.319 e. The summed E-state index contributed by atoms with van der Waals surface area (Å²) in [7, 11) is 0. The van der Waals surface area contributed by atoms with Crippen molar-refractivity contribution < 1.29 is 4.92 Å².